The molecule has 1 aliphatic carbocycles. The summed E-state index contributed by atoms with van der Waals surface area (Å²) >= 11 is 0. The van der Waals surface area contributed by atoms with Crippen molar-refractivity contribution < 1.29 is 9.59 Å². The van der Waals surface area contributed by atoms with Gasteiger partial charge in [-0.05, 0) is 25.5 Å². The molecule has 5 heteroatoms. The zero-order chi connectivity index (χ0) is 16.4. The average molecular weight is 315 g/mol. The van der Waals surface area contributed by atoms with Crippen molar-refractivity contribution >= 4 is 11.8 Å². The molecule has 2 fully saturated rings. The molecule has 2 aliphatic rings. The first-order valence-corrected chi connectivity index (χ1v) is 8.31. The van der Waals surface area contributed by atoms with Crippen LogP contribution in [0.1, 0.15) is 24.8 Å². The van der Waals surface area contributed by atoms with Crippen molar-refractivity contribution in [1.82, 2.24) is 15.1 Å². The van der Waals surface area contributed by atoms with E-state index in [1.165, 1.54) is 12.8 Å². The summed E-state index contributed by atoms with van der Waals surface area (Å²) in [5.74, 6) is -0.0167. The van der Waals surface area contributed by atoms with Crippen molar-refractivity contribution in [2.75, 3.05) is 33.7 Å². The number of hydrogen-bond acceptors (Lipinski definition) is 3. The monoisotopic (exact) mass is 315 g/mol. The van der Waals surface area contributed by atoms with Gasteiger partial charge in [-0.3, -0.25) is 9.59 Å². The smallest absolute Gasteiger partial charge is 0.235 e. The molecule has 1 saturated carbocycles. The molecule has 1 aliphatic heterocycles. The predicted molar refractivity (Wildman–Crippen MR) is 89.0 cm³/mol. The Bertz CT molecular complexity index is 585. The molecule has 23 heavy (non-hydrogen) atoms. The van der Waals surface area contributed by atoms with Crippen LogP contribution in [-0.4, -0.2) is 61.4 Å². The Balaban J connectivity index is 1.74. The maximum Gasteiger partial charge on any atom is 0.235 e. The van der Waals surface area contributed by atoms with Crippen LogP contribution in [0.5, 0.6) is 0 Å². The van der Waals surface area contributed by atoms with Gasteiger partial charge >= 0.3 is 0 Å². The van der Waals surface area contributed by atoms with Gasteiger partial charge < -0.3 is 15.1 Å². The standard InChI is InChI=1S/C18H25N3O2/c1-20(15-8-9-15)10-11-21(2)17(23)18(12-16(22)19-13-18)14-6-4-3-5-7-14/h3-7,15H,8-13H2,1-2H3,(H,19,22). The van der Waals surface area contributed by atoms with Crippen LogP contribution in [0.4, 0.5) is 0 Å². The van der Waals surface area contributed by atoms with Gasteiger partial charge in [0.25, 0.3) is 0 Å². The minimum Gasteiger partial charge on any atom is -0.355 e. The number of hydrogen-bond donors (Lipinski definition) is 1. The highest BCUT2D eigenvalue weighted by molar-refractivity contribution is 5.97. The van der Waals surface area contributed by atoms with Gasteiger partial charge in [-0.2, -0.15) is 0 Å². The van der Waals surface area contributed by atoms with E-state index in [1.54, 1.807) is 4.90 Å². The molecule has 124 valence electrons. The molecular weight excluding hydrogens is 290 g/mol. The fraction of sp³-hybridized carbons (Fsp3) is 0.556. The zero-order valence-corrected chi connectivity index (χ0v) is 13.9. The molecule has 1 N–H and O–H groups in total. The Kier molecular flexibility index (Phi) is 4.39. The van der Waals surface area contributed by atoms with Crippen LogP contribution in [-0.2, 0) is 15.0 Å². The summed E-state index contributed by atoms with van der Waals surface area (Å²) in [5.41, 5.74) is 0.163. The number of nitrogens with zero attached hydrogens (tertiary/aromatic N) is 2. The Hall–Kier alpha value is -1.88. The molecule has 0 bridgehead atoms. The quantitative estimate of drug-likeness (QED) is 0.852. The number of carbonyl (C=O) groups is 2. The van der Waals surface area contributed by atoms with Gasteiger partial charge in [0.2, 0.25) is 11.8 Å². The van der Waals surface area contributed by atoms with E-state index >= 15 is 0 Å². The lowest BCUT2D eigenvalue weighted by Crippen LogP contribution is -2.48. The lowest BCUT2D eigenvalue weighted by molar-refractivity contribution is -0.136. The Morgan fingerprint density at radius 3 is 2.48 bits per heavy atom. The normalized spacial score (nSPS) is 23.9. The highest BCUT2D eigenvalue weighted by atomic mass is 16.2. The Labute approximate surface area is 137 Å². The predicted octanol–water partition coefficient (Wildman–Crippen LogP) is 0.997. The summed E-state index contributed by atoms with van der Waals surface area (Å²) in [4.78, 5) is 29.1. The third-order valence-corrected chi connectivity index (χ3v) is 5.09. The summed E-state index contributed by atoms with van der Waals surface area (Å²) in [6.07, 6.45) is 2.76. The number of rotatable bonds is 6. The van der Waals surface area contributed by atoms with E-state index in [0.717, 1.165) is 12.1 Å². The highest BCUT2D eigenvalue weighted by Gasteiger charge is 2.47. The third kappa shape index (κ3) is 3.24. The Morgan fingerprint density at radius 2 is 1.91 bits per heavy atom. The number of amides is 2. The van der Waals surface area contributed by atoms with Crippen LogP contribution in [0.2, 0.25) is 0 Å². The van der Waals surface area contributed by atoms with E-state index < -0.39 is 5.41 Å². The zero-order valence-electron chi connectivity index (χ0n) is 13.9. The lowest BCUT2D eigenvalue weighted by Gasteiger charge is -2.32. The van der Waals surface area contributed by atoms with Gasteiger partial charge in [0.1, 0.15) is 5.41 Å². The van der Waals surface area contributed by atoms with Crippen molar-refractivity contribution in [1.29, 1.82) is 0 Å². The van der Waals surface area contributed by atoms with E-state index in [2.05, 4.69) is 17.3 Å². The first kappa shape index (κ1) is 16.0. The van der Waals surface area contributed by atoms with Gasteiger partial charge in [-0.15, -0.1) is 0 Å². The van der Waals surface area contributed by atoms with Gasteiger partial charge in [-0.1, -0.05) is 30.3 Å². The summed E-state index contributed by atoms with van der Waals surface area (Å²) < 4.78 is 0. The van der Waals surface area contributed by atoms with Crippen molar-refractivity contribution in [3.63, 3.8) is 0 Å². The molecule has 5 nitrogen and oxygen atoms in total. The first-order chi connectivity index (χ1) is 11.0. The van der Waals surface area contributed by atoms with E-state index in [0.29, 0.717) is 19.1 Å². The molecule has 3 rings (SSSR count). The topological polar surface area (TPSA) is 52.6 Å². The number of nitrogens with one attached hydrogen (secondary N) is 1. The highest BCUT2D eigenvalue weighted by Crippen LogP contribution is 2.33. The number of benzene rings is 1. The van der Waals surface area contributed by atoms with E-state index in [-0.39, 0.29) is 18.2 Å². The van der Waals surface area contributed by atoms with Crippen LogP contribution in [0.3, 0.4) is 0 Å². The molecule has 1 aromatic rings. The molecule has 1 atom stereocenters. The van der Waals surface area contributed by atoms with Crippen LogP contribution in [0.15, 0.2) is 30.3 Å². The van der Waals surface area contributed by atoms with E-state index in [9.17, 15) is 9.59 Å². The van der Waals surface area contributed by atoms with Gasteiger partial charge in [0.15, 0.2) is 0 Å². The van der Waals surface area contributed by atoms with Crippen LogP contribution in [0, 0.1) is 0 Å². The second kappa shape index (κ2) is 6.32. The van der Waals surface area contributed by atoms with Crippen molar-refractivity contribution in [2.24, 2.45) is 0 Å². The largest absolute Gasteiger partial charge is 0.355 e. The summed E-state index contributed by atoms with van der Waals surface area (Å²) in [6.45, 7) is 1.95. The maximum absolute atomic E-state index is 13.1. The molecule has 1 aromatic carbocycles. The molecular formula is C18H25N3O2. The van der Waals surface area contributed by atoms with E-state index in [4.69, 9.17) is 0 Å². The summed E-state index contributed by atoms with van der Waals surface area (Å²) in [6, 6.07) is 10.4. The fourth-order valence-electron chi connectivity index (χ4n) is 3.36. The molecule has 2 amide bonds. The maximum atomic E-state index is 13.1. The van der Waals surface area contributed by atoms with Crippen LogP contribution >= 0.6 is 0 Å². The fourth-order valence-corrected chi connectivity index (χ4v) is 3.36. The van der Waals surface area contributed by atoms with Gasteiger partial charge in [-0.25, -0.2) is 0 Å². The van der Waals surface area contributed by atoms with Crippen molar-refractivity contribution in [3.8, 4) is 0 Å². The minimum atomic E-state index is -0.759. The minimum absolute atomic E-state index is 0.0336. The molecule has 0 aromatic heterocycles. The summed E-state index contributed by atoms with van der Waals surface area (Å²) in [5, 5.41) is 2.84. The summed E-state index contributed by atoms with van der Waals surface area (Å²) in [7, 11) is 3.96. The SMILES string of the molecule is CN(CCN(C)C1CC1)C(=O)C1(c2ccccc2)CNC(=O)C1. The lowest BCUT2D eigenvalue weighted by atomic mass is 9.78. The van der Waals surface area contributed by atoms with Gasteiger partial charge in [0, 0.05) is 39.1 Å². The average Bonchev–Trinajstić information content (AvgIpc) is 3.35. The van der Waals surface area contributed by atoms with Gasteiger partial charge in [0.05, 0.1) is 0 Å². The van der Waals surface area contributed by atoms with Crippen molar-refractivity contribution in [3.05, 3.63) is 35.9 Å². The molecule has 0 radical (unpaired) electrons. The van der Waals surface area contributed by atoms with Crippen LogP contribution in [0.25, 0.3) is 0 Å². The second-order valence-electron chi connectivity index (χ2n) is 6.84. The second-order valence-corrected chi connectivity index (χ2v) is 6.84. The Morgan fingerprint density at radius 1 is 1.22 bits per heavy atom. The third-order valence-electron chi connectivity index (χ3n) is 5.09. The van der Waals surface area contributed by atoms with E-state index in [1.807, 2.05) is 37.4 Å². The molecule has 1 unspecified atom stereocenters. The first-order valence-electron chi connectivity index (χ1n) is 8.31. The van der Waals surface area contributed by atoms with Crippen LogP contribution < -0.4 is 5.32 Å². The molecule has 1 saturated heterocycles. The number of likely N-dealkylation sites (N-methyl/N-ethyl adjacent to an activating group) is 2. The van der Waals surface area contributed by atoms with Crippen molar-refractivity contribution in [2.45, 2.75) is 30.7 Å². The molecule has 0 spiro atoms. The molecule has 1 heterocycles. The number of carbonyl (C=O) groups excluding carboxylic acids is 2.